The van der Waals surface area contributed by atoms with Crippen LogP contribution < -0.4 is 0 Å². The van der Waals surface area contributed by atoms with Crippen LogP contribution >= 0.6 is 0 Å². The second-order valence-electron chi connectivity index (χ2n) is 6.79. The summed E-state index contributed by atoms with van der Waals surface area (Å²) in [5, 5.41) is 0. The molecule has 21 heavy (non-hydrogen) atoms. The summed E-state index contributed by atoms with van der Waals surface area (Å²) < 4.78 is 15.4. The summed E-state index contributed by atoms with van der Waals surface area (Å²) in [5.74, 6) is 2.39. The zero-order valence-electron chi connectivity index (χ0n) is 14.1. The summed E-state index contributed by atoms with van der Waals surface area (Å²) in [5.41, 5.74) is 0. The van der Waals surface area contributed by atoms with Crippen LogP contribution in [0, 0.1) is 23.7 Å². The van der Waals surface area contributed by atoms with Crippen LogP contribution in [0.4, 0.5) is 0 Å². The van der Waals surface area contributed by atoms with Crippen molar-refractivity contribution in [3.05, 3.63) is 0 Å². The lowest BCUT2D eigenvalue weighted by molar-refractivity contribution is -0.152. The number of hydrogen-bond acceptors (Lipinski definition) is 4. The van der Waals surface area contributed by atoms with Gasteiger partial charge in [0.2, 0.25) is 0 Å². The van der Waals surface area contributed by atoms with Gasteiger partial charge in [-0.15, -0.1) is 0 Å². The normalized spacial score (nSPS) is 26.6. The predicted octanol–water partition coefficient (Wildman–Crippen LogP) is 3.29. The van der Waals surface area contributed by atoms with Gasteiger partial charge in [-0.1, -0.05) is 27.2 Å². The Labute approximate surface area is 129 Å². The fraction of sp³-hybridized carbons (Fsp3) is 0.941. The maximum atomic E-state index is 11.8. The molecule has 3 unspecified atom stereocenters. The summed E-state index contributed by atoms with van der Waals surface area (Å²) in [6.07, 6.45) is 4.82. The van der Waals surface area contributed by atoms with Crippen LogP contribution in [0.1, 0.15) is 46.5 Å². The second-order valence-corrected chi connectivity index (χ2v) is 6.79. The largest absolute Gasteiger partial charge is 0.463 e. The van der Waals surface area contributed by atoms with Crippen molar-refractivity contribution in [3.8, 4) is 0 Å². The molecular weight excluding hydrogens is 268 g/mol. The molecule has 0 aromatic carbocycles. The summed E-state index contributed by atoms with van der Waals surface area (Å²) in [6, 6.07) is 0. The highest BCUT2D eigenvalue weighted by molar-refractivity contribution is 5.73. The van der Waals surface area contributed by atoms with Crippen molar-refractivity contribution in [2.45, 2.75) is 46.5 Å². The molecule has 3 atom stereocenters. The van der Waals surface area contributed by atoms with Crippen molar-refractivity contribution in [1.29, 1.82) is 0 Å². The number of esters is 1. The van der Waals surface area contributed by atoms with Crippen LogP contribution in [0.15, 0.2) is 0 Å². The molecule has 0 saturated heterocycles. The van der Waals surface area contributed by atoms with E-state index in [0.29, 0.717) is 32.3 Å². The first kappa shape index (κ1) is 18.4. The van der Waals surface area contributed by atoms with Crippen molar-refractivity contribution in [1.82, 2.24) is 0 Å². The van der Waals surface area contributed by atoms with Crippen molar-refractivity contribution in [2.75, 3.05) is 33.5 Å². The van der Waals surface area contributed by atoms with Crippen LogP contribution in [-0.2, 0) is 19.0 Å². The van der Waals surface area contributed by atoms with Gasteiger partial charge < -0.3 is 14.2 Å². The van der Waals surface area contributed by atoms with Crippen LogP contribution in [0.3, 0.4) is 0 Å². The third-order valence-electron chi connectivity index (χ3n) is 3.94. The lowest BCUT2D eigenvalue weighted by Crippen LogP contribution is -2.24. The average Bonchev–Trinajstić information content (AvgIpc) is 3.04. The Morgan fingerprint density at radius 1 is 1.05 bits per heavy atom. The standard InChI is InChI=1S/C13H22O4.C4H10/c1-15-4-5-16-6-7-17-13(14)12-9-10-2-3-11(12)8-10;1-4(2)3/h10-12H,2-9H2,1H3;4H,1-3H3. The van der Waals surface area contributed by atoms with Gasteiger partial charge in [0, 0.05) is 7.11 Å². The van der Waals surface area contributed by atoms with Gasteiger partial charge in [-0.3, -0.25) is 4.79 Å². The van der Waals surface area contributed by atoms with Crippen molar-refractivity contribution < 1.29 is 19.0 Å². The second kappa shape index (κ2) is 10.2. The van der Waals surface area contributed by atoms with E-state index >= 15 is 0 Å². The van der Waals surface area contributed by atoms with Crippen LogP contribution in [-0.4, -0.2) is 39.5 Å². The fourth-order valence-electron chi connectivity index (χ4n) is 3.09. The molecule has 2 fully saturated rings. The maximum absolute atomic E-state index is 11.8. The number of carbonyl (C=O) groups excluding carboxylic acids is 1. The minimum atomic E-state index is -0.00691. The van der Waals surface area contributed by atoms with Crippen LogP contribution in [0.5, 0.6) is 0 Å². The molecule has 4 nitrogen and oxygen atoms in total. The smallest absolute Gasteiger partial charge is 0.309 e. The molecule has 2 aliphatic carbocycles. The van der Waals surface area contributed by atoms with Gasteiger partial charge in [-0.05, 0) is 37.0 Å². The molecule has 0 aromatic rings. The minimum Gasteiger partial charge on any atom is -0.463 e. The Morgan fingerprint density at radius 3 is 2.24 bits per heavy atom. The zero-order chi connectivity index (χ0) is 15.7. The van der Waals surface area contributed by atoms with E-state index in [-0.39, 0.29) is 11.9 Å². The van der Waals surface area contributed by atoms with Gasteiger partial charge in [-0.2, -0.15) is 0 Å². The molecule has 0 spiro atoms. The van der Waals surface area contributed by atoms with Gasteiger partial charge in [0.1, 0.15) is 6.61 Å². The number of ether oxygens (including phenoxy) is 3. The number of carbonyl (C=O) groups is 1. The Morgan fingerprint density at radius 2 is 1.71 bits per heavy atom. The fourth-order valence-corrected chi connectivity index (χ4v) is 3.09. The van der Waals surface area contributed by atoms with Crippen LogP contribution in [0.25, 0.3) is 0 Å². The van der Waals surface area contributed by atoms with Gasteiger partial charge in [0.25, 0.3) is 0 Å². The predicted molar refractivity (Wildman–Crippen MR) is 83.1 cm³/mol. The van der Waals surface area contributed by atoms with Crippen LogP contribution in [0.2, 0.25) is 0 Å². The summed E-state index contributed by atoms with van der Waals surface area (Å²) in [6.45, 7) is 8.48. The average molecular weight is 300 g/mol. The zero-order valence-corrected chi connectivity index (χ0v) is 14.1. The highest BCUT2D eigenvalue weighted by Crippen LogP contribution is 2.48. The van der Waals surface area contributed by atoms with E-state index in [1.165, 1.54) is 19.3 Å². The minimum absolute atomic E-state index is 0.00691. The molecule has 0 radical (unpaired) electrons. The molecule has 2 rings (SSSR count). The molecule has 0 aromatic heterocycles. The van der Waals surface area contributed by atoms with E-state index in [2.05, 4.69) is 20.8 Å². The highest BCUT2D eigenvalue weighted by Gasteiger charge is 2.43. The Balaban J connectivity index is 0.000000491. The molecule has 2 bridgehead atoms. The number of rotatable bonds is 7. The summed E-state index contributed by atoms with van der Waals surface area (Å²) >= 11 is 0. The lowest BCUT2D eigenvalue weighted by Gasteiger charge is -2.19. The lowest BCUT2D eigenvalue weighted by atomic mass is 9.89. The number of hydrogen-bond donors (Lipinski definition) is 0. The van der Waals surface area contributed by atoms with E-state index in [9.17, 15) is 4.79 Å². The molecule has 2 aliphatic rings. The van der Waals surface area contributed by atoms with Gasteiger partial charge >= 0.3 is 5.97 Å². The number of methoxy groups -OCH3 is 1. The monoisotopic (exact) mass is 300 g/mol. The quantitative estimate of drug-likeness (QED) is 0.534. The Hall–Kier alpha value is -0.610. The van der Waals surface area contributed by atoms with E-state index < -0.39 is 0 Å². The molecule has 0 heterocycles. The molecule has 0 aliphatic heterocycles. The molecule has 0 amide bonds. The van der Waals surface area contributed by atoms with Gasteiger partial charge in [-0.25, -0.2) is 0 Å². The first-order chi connectivity index (χ1) is 10.0. The Bertz CT molecular complexity index is 288. The van der Waals surface area contributed by atoms with Crippen molar-refractivity contribution >= 4 is 5.97 Å². The molecule has 2 saturated carbocycles. The molecule has 124 valence electrons. The third kappa shape index (κ3) is 7.28. The first-order valence-corrected chi connectivity index (χ1v) is 8.27. The molecule has 4 heteroatoms. The number of fused-ring (bicyclic) bond motifs is 2. The first-order valence-electron chi connectivity index (χ1n) is 8.27. The van der Waals surface area contributed by atoms with Gasteiger partial charge in [0.15, 0.2) is 0 Å². The SMILES string of the molecule is CC(C)C.COCCOCCOC(=O)C1CC2CCC1C2. The Kier molecular flexibility index (Phi) is 8.93. The van der Waals surface area contributed by atoms with E-state index in [4.69, 9.17) is 14.2 Å². The highest BCUT2D eigenvalue weighted by atomic mass is 16.6. The van der Waals surface area contributed by atoms with Gasteiger partial charge in [0.05, 0.1) is 25.7 Å². The maximum Gasteiger partial charge on any atom is 0.309 e. The molecule has 0 N–H and O–H groups in total. The van der Waals surface area contributed by atoms with E-state index in [1.807, 2.05) is 0 Å². The van der Waals surface area contributed by atoms with E-state index in [1.54, 1.807) is 7.11 Å². The van der Waals surface area contributed by atoms with E-state index in [0.717, 1.165) is 18.3 Å². The summed E-state index contributed by atoms with van der Waals surface area (Å²) in [7, 11) is 1.64. The third-order valence-corrected chi connectivity index (χ3v) is 3.94. The topological polar surface area (TPSA) is 44.8 Å². The molecular formula is C17H32O4. The van der Waals surface area contributed by atoms with Crippen molar-refractivity contribution in [3.63, 3.8) is 0 Å². The van der Waals surface area contributed by atoms with Crippen molar-refractivity contribution in [2.24, 2.45) is 23.7 Å². The summed E-state index contributed by atoms with van der Waals surface area (Å²) in [4.78, 5) is 11.8.